The van der Waals surface area contributed by atoms with Gasteiger partial charge in [-0.1, -0.05) is 54.6 Å². The van der Waals surface area contributed by atoms with E-state index < -0.39 is 15.8 Å². The molecule has 1 aliphatic carbocycles. The molecule has 0 spiro atoms. The number of fused-ring (bicyclic) bond motifs is 2. The molecule has 1 N–H and O–H groups in total. The standard InChI is InChI=1S/C26H17N3O4S/c30-25-20-9-4-5-10-21(20)26(31)24-22(25)11-6-12-23(24)34(32,33)29-19-15-13-18(14-16-19)28-27-17-7-2-1-3-8-17/h1-16,29H. The first kappa shape index (κ1) is 21.4. The maximum atomic E-state index is 13.2. The molecule has 7 nitrogen and oxygen atoms in total. The highest BCUT2D eigenvalue weighted by Crippen LogP contribution is 2.32. The Morgan fingerprint density at radius 2 is 1.12 bits per heavy atom. The molecule has 0 fully saturated rings. The lowest BCUT2D eigenvalue weighted by Gasteiger charge is -2.20. The van der Waals surface area contributed by atoms with Gasteiger partial charge in [0.05, 0.1) is 21.8 Å². The number of carbonyl (C=O) groups is 2. The van der Waals surface area contributed by atoms with E-state index in [1.807, 2.05) is 30.3 Å². The fourth-order valence-corrected chi connectivity index (χ4v) is 5.04. The number of nitrogens with zero attached hydrogens (tertiary/aromatic N) is 2. The smallest absolute Gasteiger partial charge is 0.262 e. The highest BCUT2D eigenvalue weighted by atomic mass is 32.2. The fraction of sp³-hybridized carbons (Fsp3) is 0. The molecule has 34 heavy (non-hydrogen) atoms. The van der Waals surface area contributed by atoms with Crippen LogP contribution in [0.25, 0.3) is 0 Å². The predicted octanol–water partition coefficient (Wildman–Crippen LogP) is 5.68. The summed E-state index contributed by atoms with van der Waals surface area (Å²) in [6.07, 6.45) is 0. The van der Waals surface area contributed by atoms with Crippen LogP contribution in [0, 0.1) is 0 Å². The number of benzene rings is 4. The Labute approximate surface area is 195 Å². The maximum Gasteiger partial charge on any atom is 0.262 e. The summed E-state index contributed by atoms with van der Waals surface area (Å²) in [6, 6.07) is 26.2. The van der Waals surface area contributed by atoms with Crippen molar-refractivity contribution in [2.75, 3.05) is 4.72 Å². The number of hydrogen-bond acceptors (Lipinski definition) is 6. The van der Waals surface area contributed by atoms with Crippen molar-refractivity contribution in [2.45, 2.75) is 4.90 Å². The first-order valence-corrected chi connectivity index (χ1v) is 11.8. The van der Waals surface area contributed by atoms with E-state index in [0.29, 0.717) is 11.4 Å². The molecule has 0 atom stereocenters. The maximum absolute atomic E-state index is 13.2. The SMILES string of the molecule is O=C1c2ccccc2C(=O)c2c1cccc2S(=O)(=O)Nc1ccc(N=Nc2ccccc2)cc1. The first-order valence-electron chi connectivity index (χ1n) is 10.4. The molecule has 1 aliphatic rings. The zero-order chi connectivity index (χ0) is 23.7. The second kappa shape index (κ2) is 8.49. The molecule has 0 aliphatic heterocycles. The summed E-state index contributed by atoms with van der Waals surface area (Å²) in [5, 5.41) is 8.26. The van der Waals surface area contributed by atoms with Crippen LogP contribution in [0.3, 0.4) is 0 Å². The summed E-state index contributed by atoms with van der Waals surface area (Å²) in [5.41, 5.74) is 1.93. The number of nitrogens with one attached hydrogen (secondary N) is 1. The molecule has 5 rings (SSSR count). The molecular formula is C26H17N3O4S. The average molecular weight is 468 g/mol. The van der Waals surface area contributed by atoms with E-state index in [1.54, 1.807) is 42.5 Å². The number of azo groups is 1. The molecule has 0 amide bonds. The summed E-state index contributed by atoms with van der Waals surface area (Å²) >= 11 is 0. The van der Waals surface area contributed by atoms with Crippen molar-refractivity contribution in [1.82, 2.24) is 0 Å². The van der Waals surface area contributed by atoms with Crippen LogP contribution in [0.1, 0.15) is 31.8 Å². The number of rotatable bonds is 5. The molecule has 4 aromatic carbocycles. The molecule has 0 heterocycles. The fourth-order valence-electron chi connectivity index (χ4n) is 3.75. The quantitative estimate of drug-likeness (QED) is 0.336. The monoisotopic (exact) mass is 467 g/mol. The van der Waals surface area contributed by atoms with Gasteiger partial charge in [0.2, 0.25) is 0 Å². The molecule has 4 aromatic rings. The lowest BCUT2D eigenvalue weighted by Crippen LogP contribution is -2.25. The minimum Gasteiger partial charge on any atom is -0.289 e. The number of sulfonamides is 1. The molecule has 166 valence electrons. The largest absolute Gasteiger partial charge is 0.289 e. The van der Waals surface area contributed by atoms with E-state index in [-0.39, 0.29) is 38.6 Å². The van der Waals surface area contributed by atoms with Gasteiger partial charge >= 0.3 is 0 Å². The Bertz CT molecular complexity index is 1560. The summed E-state index contributed by atoms with van der Waals surface area (Å²) < 4.78 is 28.9. The van der Waals surface area contributed by atoms with E-state index in [1.165, 1.54) is 24.3 Å². The van der Waals surface area contributed by atoms with Crippen molar-refractivity contribution in [3.8, 4) is 0 Å². The topological polar surface area (TPSA) is 105 Å². The highest BCUT2D eigenvalue weighted by molar-refractivity contribution is 7.92. The zero-order valence-corrected chi connectivity index (χ0v) is 18.5. The number of ketones is 2. The van der Waals surface area contributed by atoms with Crippen LogP contribution in [0.5, 0.6) is 0 Å². The molecule has 0 bridgehead atoms. The van der Waals surface area contributed by atoms with Gasteiger partial charge in [0.1, 0.15) is 0 Å². The van der Waals surface area contributed by atoms with Gasteiger partial charge in [-0.05, 0) is 42.5 Å². The van der Waals surface area contributed by atoms with Crippen LogP contribution in [0.4, 0.5) is 17.1 Å². The Morgan fingerprint density at radius 1 is 0.559 bits per heavy atom. The highest BCUT2D eigenvalue weighted by Gasteiger charge is 2.34. The number of hydrogen-bond donors (Lipinski definition) is 1. The van der Waals surface area contributed by atoms with E-state index in [0.717, 1.165) is 0 Å². The van der Waals surface area contributed by atoms with Gasteiger partial charge in [0, 0.05) is 22.4 Å². The van der Waals surface area contributed by atoms with Gasteiger partial charge in [0.15, 0.2) is 11.6 Å². The summed E-state index contributed by atoms with van der Waals surface area (Å²) in [6.45, 7) is 0. The molecule has 0 radical (unpaired) electrons. The number of carbonyl (C=O) groups excluding carboxylic acids is 2. The van der Waals surface area contributed by atoms with Crippen molar-refractivity contribution >= 4 is 38.7 Å². The molecule has 0 saturated carbocycles. The van der Waals surface area contributed by atoms with E-state index in [4.69, 9.17) is 0 Å². The van der Waals surface area contributed by atoms with Crippen LogP contribution in [0.2, 0.25) is 0 Å². The summed E-state index contributed by atoms with van der Waals surface area (Å²) in [4.78, 5) is 25.8. The number of anilines is 1. The van der Waals surface area contributed by atoms with Gasteiger partial charge in [0.25, 0.3) is 10.0 Å². The predicted molar refractivity (Wildman–Crippen MR) is 128 cm³/mol. The van der Waals surface area contributed by atoms with Crippen LogP contribution < -0.4 is 4.72 Å². The summed E-state index contributed by atoms with van der Waals surface area (Å²) in [7, 11) is -4.16. The zero-order valence-electron chi connectivity index (χ0n) is 17.7. The van der Waals surface area contributed by atoms with Crippen molar-refractivity contribution in [3.05, 3.63) is 119 Å². The Morgan fingerprint density at radius 3 is 1.79 bits per heavy atom. The van der Waals surface area contributed by atoms with Gasteiger partial charge in [-0.25, -0.2) is 8.42 Å². The third kappa shape index (κ3) is 3.91. The molecule has 8 heteroatoms. The third-order valence-corrected chi connectivity index (χ3v) is 6.78. The molecule has 0 unspecified atom stereocenters. The lowest BCUT2D eigenvalue weighted by molar-refractivity contribution is 0.0976. The normalized spacial score (nSPS) is 12.9. The first-order chi connectivity index (χ1) is 16.4. The van der Waals surface area contributed by atoms with Gasteiger partial charge in [-0.15, -0.1) is 0 Å². The molecule has 0 saturated heterocycles. The van der Waals surface area contributed by atoms with Gasteiger partial charge in [-0.3, -0.25) is 14.3 Å². The second-order valence-corrected chi connectivity index (χ2v) is 9.22. The van der Waals surface area contributed by atoms with Gasteiger partial charge in [-0.2, -0.15) is 10.2 Å². The average Bonchev–Trinajstić information content (AvgIpc) is 2.87. The molecule has 0 aromatic heterocycles. The van der Waals surface area contributed by atoms with Crippen molar-refractivity contribution in [1.29, 1.82) is 0 Å². The third-order valence-electron chi connectivity index (χ3n) is 5.36. The Hall–Kier alpha value is -4.43. The van der Waals surface area contributed by atoms with E-state index >= 15 is 0 Å². The Balaban J connectivity index is 1.44. The second-order valence-electron chi connectivity index (χ2n) is 7.57. The van der Waals surface area contributed by atoms with Crippen molar-refractivity contribution in [3.63, 3.8) is 0 Å². The molecular weight excluding hydrogens is 450 g/mol. The van der Waals surface area contributed by atoms with Crippen LogP contribution >= 0.6 is 0 Å². The summed E-state index contributed by atoms with van der Waals surface area (Å²) in [5.74, 6) is -0.877. The van der Waals surface area contributed by atoms with E-state index in [9.17, 15) is 18.0 Å². The van der Waals surface area contributed by atoms with Crippen LogP contribution in [-0.4, -0.2) is 20.0 Å². The minimum absolute atomic E-state index is 0.0725. The van der Waals surface area contributed by atoms with Gasteiger partial charge < -0.3 is 0 Å². The van der Waals surface area contributed by atoms with Crippen LogP contribution in [0.15, 0.2) is 112 Å². The van der Waals surface area contributed by atoms with Crippen molar-refractivity contribution < 1.29 is 18.0 Å². The minimum atomic E-state index is -4.16. The van der Waals surface area contributed by atoms with Crippen LogP contribution in [-0.2, 0) is 10.0 Å². The van der Waals surface area contributed by atoms with Crippen molar-refractivity contribution in [2.24, 2.45) is 10.2 Å². The Kier molecular flexibility index (Phi) is 5.35. The van der Waals surface area contributed by atoms with E-state index in [2.05, 4.69) is 15.0 Å². The lowest BCUT2D eigenvalue weighted by atomic mass is 9.84.